The van der Waals surface area contributed by atoms with Crippen LogP contribution < -0.4 is 0 Å². The maximum atomic E-state index is 11.2. The first-order valence-corrected chi connectivity index (χ1v) is 5.74. The van der Waals surface area contributed by atoms with Crippen LogP contribution in [0.25, 0.3) is 0 Å². The number of alkyl halides is 1. The van der Waals surface area contributed by atoms with Gasteiger partial charge in [-0.25, -0.2) is 4.79 Å². The fourth-order valence-corrected chi connectivity index (χ4v) is 2.00. The zero-order valence-corrected chi connectivity index (χ0v) is 9.56. The average molecular weight is 311 g/mol. The molecular weight excluding hydrogens is 301 g/mol. The normalized spacial score (nSPS) is 18.8. The van der Waals surface area contributed by atoms with Gasteiger partial charge in [-0.05, 0) is 6.42 Å². The number of imide groups is 1. The van der Waals surface area contributed by atoms with Crippen molar-refractivity contribution >= 4 is 40.4 Å². The molecule has 1 saturated heterocycles. The molecule has 1 unspecified atom stereocenters. The van der Waals surface area contributed by atoms with Gasteiger partial charge in [-0.15, -0.1) is 0 Å². The van der Waals surface area contributed by atoms with Crippen molar-refractivity contribution in [1.82, 2.24) is 4.90 Å². The quantitative estimate of drug-likeness (QED) is 0.464. The SMILES string of the molecule is O=C(O)C(CCI)N1C(=O)CCC1=O. The summed E-state index contributed by atoms with van der Waals surface area (Å²) in [6.45, 7) is 0. The summed E-state index contributed by atoms with van der Waals surface area (Å²) in [6, 6.07) is -0.977. The first-order chi connectivity index (χ1) is 6.57. The summed E-state index contributed by atoms with van der Waals surface area (Å²) >= 11 is 2.02. The Morgan fingerprint density at radius 3 is 2.29 bits per heavy atom. The molecule has 0 spiro atoms. The van der Waals surface area contributed by atoms with Crippen molar-refractivity contribution in [1.29, 1.82) is 0 Å². The van der Waals surface area contributed by atoms with Crippen molar-refractivity contribution in [2.75, 3.05) is 4.43 Å². The van der Waals surface area contributed by atoms with Gasteiger partial charge in [-0.3, -0.25) is 14.5 Å². The molecule has 1 atom stereocenters. The van der Waals surface area contributed by atoms with E-state index in [0.717, 1.165) is 4.90 Å². The molecule has 0 aliphatic carbocycles. The highest BCUT2D eigenvalue weighted by Crippen LogP contribution is 2.18. The Balaban J connectivity index is 2.81. The Hall–Kier alpha value is -0.660. The second-order valence-corrected chi connectivity index (χ2v) is 4.07. The molecule has 78 valence electrons. The first-order valence-electron chi connectivity index (χ1n) is 4.21. The number of nitrogens with zero attached hydrogens (tertiary/aromatic N) is 1. The highest BCUT2D eigenvalue weighted by atomic mass is 127. The van der Waals surface area contributed by atoms with Crippen LogP contribution in [0.5, 0.6) is 0 Å². The molecule has 0 aromatic heterocycles. The zero-order valence-electron chi connectivity index (χ0n) is 7.40. The minimum Gasteiger partial charge on any atom is -0.480 e. The van der Waals surface area contributed by atoms with E-state index in [1.807, 2.05) is 22.6 Å². The minimum atomic E-state index is -1.11. The van der Waals surface area contributed by atoms with Crippen LogP contribution in [-0.2, 0) is 14.4 Å². The summed E-state index contributed by atoms with van der Waals surface area (Å²) in [5.74, 6) is -1.84. The van der Waals surface area contributed by atoms with Gasteiger partial charge >= 0.3 is 5.97 Å². The first kappa shape index (κ1) is 11.4. The van der Waals surface area contributed by atoms with Crippen LogP contribution in [0.1, 0.15) is 19.3 Å². The van der Waals surface area contributed by atoms with E-state index in [1.165, 1.54) is 0 Å². The van der Waals surface area contributed by atoms with Crippen molar-refractivity contribution in [3.8, 4) is 0 Å². The van der Waals surface area contributed by atoms with Crippen molar-refractivity contribution in [2.24, 2.45) is 0 Å². The lowest BCUT2D eigenvalue weighted by Crippen LogP contribution is -2.44. The van der Waals surface area contributed by atoms with Crippen molar-refractivity contribution in [3.63, 3.8) is 0 Å². The number of amides is 2. The van der Waals surface area contributed by atoms with Crippen LogP contribution in [0.15, 0.2) is 0 Å². The van der Waals surface area contributed by atoms with Crippen molar-refractivity contribution in [3.05, 3.63) is 0 Å². The van der Waals surface area contributed by atoms with E-state index in [9.17, 15) is 14.4 Å². The summed E-state index contributed by atoms with van der Waals surface area (Å²) < 4.78 is 0.603. The molecule has 0 aromatic carbocycles. The summed E-state index contributed by atoms with van der Waals surface area (Å²) in [6.07, 6.45) is 0.598. The fraction of sp³-hybridized carbons (Fsp3) is 0.625. The molecular formula is C8H10INO4. The molecule has 0 saturated carbocycles. The number of hydrogen-bond donors (Lipinski definition) is 1. The van der Waals surface area contributed by atoms with E-state index >= 15 is 0 Å². The molecule has 0 bridgehead atoms. The summed E-state index contributed by atoms with van der Waals surface area (Å²) in [5.41, 5.74) is 0. The van der Waals surface area contributed by atoms with E-state index in [-0.39, 0.29) is 24.7 Å². The molecule has 0 aromatic rings. The summed E-state index contributed by atoms with van der Waals surface area (Å²) in [4.78, 5) is 34.2. The largest absolute Gasteiger partial charge is 0.480 e. The Morgan fingerprint density at radius 2 is 1.93 bits per heavy atom. The number of carboxylic acid groups (broad SMARTS) is 1. The lowest BCUT2D eigenvalue weighted by Gasteiger charge is -2.21. The Labute approximate surface area is 94.6 Å². The third-order valence-corrected chi connectivity index (χ3v) is 2.69. The summed E-state index contributed by atoms with van der Waals surface area (Å²) in [7, 11) is 0. The number of likely N-dealkylation sites (tertiary alicyclic amines) is 1. The molecule has 6 heteroatoms. The van der Waals surface area contributed by atoms with Gasteiger partial charge in [0.1, 0.15) is 6.04 Å². The van der Waals surface area contributed by atoms with Gasteiger partial charge in [0.25, 0.3) is 0 Å². The Kier molecular flexibility index (Phi) is 3.85. The predicted molar refractivity (Wildman–Crippen MR) is 56.0 cm³/mol. The third-order valence-electron chi connectivity index (χ3n) is 2.07. The number of halogens is 1. The van der Waals surface area contributed by atoms with Gasteiger partial charge in [0, 0.05) is 17.3 Å². The maximum absolute atomic E-state index is 11.2. The highest BCUT2D eigenvalue weighted by molar-refractivity contribution is 14.1. The van der Waals surface area contributed by atoms with E-state index in [4.69, 9.17) is 5.11 Å². The topological polar surface area (TPSA) is 74.7 Å². The van der Waals surface area contributed by atoms with Crippen LogP contribution in [0, 0.1) is 0 Å². The molecule has 1 fully saturated rings. The highest BCUT2D eigenvalue weighted by Gasteiger charge is 2.38. The minimum absolute atomic E-state index is 0.143. The molecule has 1 aliphatic rings. The molecule has 5 nitrogen and oxygen atoms in total. The second-order valence-electron chi connectivity index (χ2n) is 2.99. The third kappa shape index (κ3) is 2.23. The van der Waals surface area contributed by atoms with Gasteiger partial charge in [0.05, 0.1) is 0 Å². The average Bonchev–Trinajstić information content (AvgIpc) is 2.43. The smallest absolute Gasteiger partial charge is 0.326 e. The molecule has 2 amide bonds. The lowest BCUT2D eigenvalue weighted by molar-refractivity contribution is -0.154. The number of carbonyl (C=O) groups excluding carboxylic acids is 2. The molecule has 0 radical (unpaired) electrons. The van der Waals surface area contributed by atoms with Crippen LogP contribution in [0.3, 0.4) is 0 Å². The lowest BCUT2D eigenvalue weighted by atomic mass is 10.2. The number of carbonyl (C=O) groups is 3. The zero-order chi connectivity index (χ0) is 10.7. The monoisotopic (exact) mass is 311 g/mol. The molecule has 1 rings (SSSR count). The number of aliphatic carboxylic acids is 1. The van der Waals surface area contributed by atoms with Crippen molar-refractivity contribution < 1.29 is 19.5 Å². The van der Waals surface area contributed by atoms with E-state index in [1.54, 1.807) is 0 Å². The Morgan fingerprint density at radius 1 is 1.43 bits per heavy atom. The Bertz CT molecular complexity index is 263. The van der Waals surface area contributed by atoms with Gasteiger partial charge in [-0.1, -0.05) is 22.6 Å². The maximum Gasteiger partial charge on any atom is 0.326 e. The second kappa shape index (κ2) is 4.72. The van der Waals surface area contributed by atoms with E-state index < -0.39 is 12.0 Å². The van der Waals surface area contributed by atoms with E-state index in [2.05, 4.69) is 0 Å². The predicted octanol–water partition coefficient (Wildman–Crippen LogP) is 0.414. The number of rotatable bonds is 4. The van der Waals surface area contributed by atoms with Crippen LogP contribution in [0.4, 0.5) is 0 Å². The molecule has 1 N–H and O–H groups in total. The standard InChI is InChI=1S/C8H10INO4/c9-4-3-5(8(13)14)10-6(11)1-2-7(10)12/h5H,1-4H2,(H,13,14). The van der Waals surface area contributed by atoms with Gasteiger partial charge in [0.2, 0.25) is 11.8 Å². The van der Waals surface area contributed by atoms with Crippen molar-refractivity contribution in [2.45, 2.75) is 25.3 Å². The molecule has 14 heavy (non-hydrogen) atoms. The fourth-order valence-electron chi connectivity index (χ4n) is 1.41. The van der Waals surface area contributed by atoms with Crippen LogP contribution in [-0.4, -0.2) is 38.3 Å². The van der Waals surface area contributed by atoms with E-state index in [0.29, 0.717) is 10.8 Å². The molecule has 1 aliphatic heterocycles. The molecule has 1 heterocycles. The van der Waals surface area contributed by atoms with Crippen LogP contribution >= 0.6 is 22.6 Å². The van der Waals surface area contributed by atoms with Gasteiger partial charge < -0.3 is 5.11 Å². The van der Waals surface area contributed by atoms with Gasteiger partial charge in [-0.2, -0.15) is 0 Å². The number of carboxylic acids is 1. The van der Waals surface area contributed by atoms with Gasteiger partial charge in [0.15, 0.2) is 0 Å². The number of hydrogen-bond acceptors (Lipinski definition) is 3. The summed E-state index contributed by atoms with van der Waals surface area (Å²) in [5, 5.41) is 8.85. The van der Waals surface area contributed by atoms with Crippen LogP contribution in [0.2, 0.25) is 0 Å².